The summed E-state index contributed by atoms with van der Waals surface area (Å²) < 4.78 is 23.8. The SMILES string of the molecule is CCOC(=O)CCn1c2ccccc2c2ccc(OCCCCOc3cccc(C(=O)OC)c3)cc21. The number of carbonyl (C=O) groups is 2. The monoisotopic (exact) mass is 489 g/mol. The van der Waals surface area contributed by atoms with Crippen LogP contribution in [0, 0.1) is 0 Å². The van der Waals surface area contributed by atoms with E-state index in [-0.39, 0.29) is 11.9 Å². The average Bonchev–Trinajstić information content (AvgIpc) is 3.22. The number of ether oxygens (including phenoxy) is 4. The number of fused-ring (bicyclic) bond motifs is 3. The van der Waals surface area contributed by atoms with E-state index in [1.165, 1.54) is 7.11 Å². The summed E-state index contributed by atoms with van der Waals surface area (Å²) in [7, 11) is 1.36. The van der Waals surface area contributed by atoms with E-state index in [9.17, 15) is 9.59 Å². The molecule has 0 saturated carbocycles. The van der Waals surface area contributed by atoms with E-state index in [4.69, 9.17) is 18.9 Å². The van der Waals surface area contributed by atoms with Crippen LogP contribution in [-0.4, -0.2) is 43.4 Å². The number of aryl methyl sites for hydroxylation is 1. The van der Waals surface area contributed by atoms with Crippen molar-refractivity contribution in [1.29, 1.82) is 0 Å². The number of benzene rings is 3. The third-order valence-electron chi connectivity index (χ3n) is 5.92. The molecule has 7 heteroatoms. The molecule has 0 aliphatic rings. The van der Waals surface area contributed by atoms with Crippen LogP contribution in [-0.2, 0) is 20.8 Å². The minimum absolute atomic E-state index is 0.199. The smallest absolute Gasteiger partial charge is 0.337 e. The largest absolute Gasteiger partial charge is 0.494 e. The third kappa shape index (κ3) is 5.97. The van der Waals surface area contributed by atoms with Crippen LogP contribution in [0.15, 0.2) is 66.7 Å². The second kappa shape index (κ2) is 12.1. The molecule has 0 aliphatic carbocycles. The van der Waals surface area contributed by atoms with E-state index >= 15 is 0 Å². The lowest BCUT2D eigenvalue weighted by Crippen LogP contribution is -2.09. The molecule has 0 saturated heterocycles. The molecule has 0 unspecified atom stereocenters. The van der Waals surface area contributed by atoms with Crippen molar-refractivity contribution in [3.8, 4) is 11.5 Å². The number of nitrogens with zero attached hydrogens (tertiary/aromatic N) is 1. The van der Waals surface area contributed by atoms with Gasteiger partial charge in [0.1, 0.15) is 11.5 Å². The molecule has 0 fully saturated rings. The van der Waals surface area contributed by atoms with Crippen molar-refractivity contribution in [2.45, 2.75) is 32.7 Å². The number of rotatable bonds is 12. The van der Waals surface area contributed by atoms with Gasteiger partial charge in [0, 0.05) is 28.9 Å². The number of unbranched alkanes of at least 4 members (excludes halogenated alkanes) is 1. The van der Waals surface area contributed by atoms with Crippen LogP contribution in [0.2, 0.25) is 0 Å². The first-order valence-electron chi connectivity index (χ1n) is 12.2. The van der Waals surface area contributed by atoms with Gasteiger partial charge in [-0.05, 0) is 56.2 Å². The normalized spacial score (nSPS) is 10.9. The van der Waals surface area contributed by atoms with Crippen molar-refractivity contribution in [3.63, 3.8) is 0 Å². The van der Waals surface area contributed by atoms with Crippen LogP contribution in [0.1, 0.15) is 36.5 Å². The summed E-state index contributed by atoms with van der Waals surface area (Å²) in [6, 6.07) is 21.3. The van der Waals surface area contributed by atoms with Crippen molar-refractivity contribution in [3.05, 3.63) is 72.3 Å². The molecule has 1 heterocycles. The van der Waals surface area contributed by atoms with Gasteiger partial charge in [-0.15, -0.1) is 0 Å². The van der Waals surface area contributed by atoms with Gasteiger partial charge in [0.2, 0.25) is 0 Å². The Balaban J connectivity index is 1.34. The standard InChI is InChI=1S/C29H31NO6/c1-3-34-28(31)15-16-30-26-12-5-4-11-24(26)25-14-13-23(20-27(25)30)36-18-7-6-17-35-22-10-8-9-21(19-22)29(32)33-2/h4-5,8-14,19-20H,3,6-7,15-18H2,1-2H3. The van der Waals surface area contributed by atoms with Gasteiger partial charge in [-0.1, -0.05) is 24.3 Å². The van der Waals surface area contributed by atoms with Crippen molar-refractivity contribution in [2.24, 2.45) is 0 Å². The summed E-state index contributed by atoms with van der Waals surface area (Å²) in [4.78, 5) is 23.6. The third-order valence-corrected chi connectivity index (χ3v) is 5.92. The van der Waals surface area contributed by atoms with Gasteiger partial charge >= 0.3 is 11.9 Å². The van der Waals surface area contributed by atoms with Crippen LogP contribution >= 0.6 is 0 Å². The molecular weight excluding hydrogens is 458 g/mol. The molecule has 0 radical (unpaired) electrons. The van der Waals surface area contributed by atoms with Gasteiger partial charge in [0.05, 0.1) is 44.4 Å². The maximum atomic E-state index is 12.0. The fraction of sp³-hybridized carbons (Fsp3) is 0.310. The predicted molar refractivity (Wildman–Crippen MR) is 139 cm³/mol. The van der Waals surface area contributed by atoms with Gasteiger partial charge in [0.25, 0.3) is 0 Å². The molecule has 0 aliphatic heterocycles. The summed E-state index contributed by atoms with van der Waals surface area (Å²) in [5, 5.41) is 2.28. The van der Waals surface area contributed by atoms with Crippen LogP contribution in [0.3, 0.4) is 0 Å². The van der Waals surface area contributed by atoms with Crippen LogP contribution < -0.4 is 9.47 Å². The summed E-state index contributed by atoms with van der Waals surface area (Å²) in [6.45, 7) is 3.82. The lowest BCUT2D eigenvalue weighted by Gasteiger charge is -2.10. The van der Waals surface area contributed by atoms with Gasteiger partial charge in [-0.3, -0.25) is 4.79 Å². The maximum absolute atomic E-state index is 12.0. The highest BCUT2D eigenvalue weighted by Gasteiger charge is 2.13. The first-order chi connectivity index (χ1) is 17.6. The van der Waals surface area contributed by atoms with Crippen LogP contribution in [0.5, 0.6) is 11.5 Å². The highest BCUT2D eigenvalue weighted by Crippen LogP contribution is 2.32. The van der Waals surface area contributed by atoms with Crippen molar-refractivity contribution < 1.29 is 28.5 Å². The van der Waals surface area contributed by atoms with E-state index in [0.29, 0.717) is 44.1 Å². The quantitative estimate of drug-likeness (QED) is 0.186. The molecule has 4 rings (SSSR count). The number of para-hydroxylation sites is 1. The second-order valence-electron chi connectivity index (χ2n) is 8.33. The van der Waals surface area contributed by atoms with E-state index in [2.05, 4.69) is 22.8 Å². The Hall–Kier alpha value is -4.00. The van der Waals surface area contributed by atoms with Gasteiger partial charge in [0.15, 0.2) is 0 Å². The fourth-order valence-corrected chi connectivity index (χ4v) is 4.21. The molecular formula is C29H31NO6. The number of esters is 2. The molecule has 0 N–H and O–H groups in total. The lowest BCUT2D eigenvalue weighted by molar-refractivity contribution is -0.143. The molecule has 0 atom stereocenters. The van der Waals surface area contributed by atoms with E-state index < -0.39 is 0 Å². The van der Waals surface area contributed by atoms with Crippen molar-refractivity contribution in [2.75, 3.05) is 26.9 Å². The summed E-state index contributed by atoms with van der Waals surface area (Å²) in [6.07, 6.45) is 1.94. The first-order valence-corrected chi connectivity index (χ1v) is 12.2. The minimum atomic E-state index is -0.384. The molecule has 0 bridgehead atoms. The molecule has 3 aromatic carbocycles. The topological polar surface area (TPSA) is 76.0 Å². The van der Waals surface area contributed by atoms with Gasteiger partial charge in [-0.2, -0.15) is 0 Å². The van der Waals surface area contributed by atoms with Crippen molar-refractivity contribution in [1.82, 2.24) is 4.57 Å². The zero-order valence-corrected chi connectivity index (χ0v) is 20.7. The number of hydrogen-bond donors (Lipinski definition) is 0. The Bertz CT molecular complexity index is 1340. The van der Waals surface area contributed by atoms with Crippen LogP contribution in [0.4, 0.5) is 0 Å². The van der Waals surface area contributed by atoms with Crippen molar-refractivity contribution >= 4 is 33.7 Å². The molecule has 188 valence electrons. The summed E-state index contributed by atoms with van der Waals surface area (Å²) in [5.74, 6) is 0.843. The highest BCUT2D eigenvalue weighted by atomic mass is 16.5. The number of carbonyl (C=O) groups excluding carboxylic acids is 2. The molecule has 0 spiro atoms. The van der Waals surface area contributed by atoms with E-state index in [1.807, 2.05) is 37.3 Å². The minimum Gasteiger partial charge on any atom is -0.494 e. The zero-order valence-electron chi connectivity index (χ0n) is 20.7. The Morgan fingerprint density at radius 1 is 0.806 bits per heavy atom. The average molecular weight is 490 g/mol. The van der Waals surface area contributed by atoms with E-state index in [1.54, 1.807) is 18.2 Å². The zero-order chi connectivity index (χ0) is 25.3. The van der Waals surface area contributed by atoms with Gasteiger partial charge < -0.3 is 23.5 Å². The Morgan fingerprint density at radius 2 is 1.53 bits per heavy atom. The predicted octanol–water partition coefficient (Wildman–Crippen LogP) is 5.77. The highest BCUT2D eigenvalue weighted by molar-refractivity contribution is 6.08. The van der Waals surface area contributed by atoms with Gasteiger partial charge in [-0.25, -0.2) is 4.79 Å². The molecule has 36 heavy (non-hydrogen) atoms. The van der Waals surface area contributed by atoms with E-state index in [0.717, 1.165) is 40.4 Å². The molecule has 1 aromatic heterocycles. The molecule has 4 aromatic rings. The Morgan fingerprint density at radius 3 is 2.28 bits per heavy atom. The second-order valence-corrected chi connectivity index (χ2v) is 8.33. The Kier molecular flexibility index (Phi) is 8.44. The fourth-order valence-electron chi connectivity index (χ4n) is 4.21. The summed E-state index contributed by atoms with van der Waals surface area (Å²) in [5.41, 5.74) is 2.59. The maximum Gasteiger partial charge on any atom is 0.337 e. The summed E-state index contributed by atoms with van der Waals surface area (Å²) >= 11 is 0. The molecule has 0 amide bonds. The number of methoxy groups -OCH3 is 1. The first kappa shape index (κ1) is 25.1. The number of aromatic nitrogens is 1. The lowest BCUT2D eigenvalue weighted by atomic mass is 10.1. The Labute approximate surface area is 210 Å². The number of hydrogen-bond acceptors (Lipinski definition) is 6. The molecule has 7 nitrogen and oxygen atoms in total. The van der Waals surface area contributed by atoms with Crippen LogP contribution in [0.25, 0.3) is 21.8 Å².